The van der Waals surface area contributed by atoms with Gasteiger partial charge in [-0.25, -0.2) is 0 Å². The number of esters is 1. The van der Waals surface area contributed by atoms with E-state index >= 15 is 0 Å². The number of allylic oxidation sites excluding steroid dienone is 2. The number of quaternary nitrogens is 1. The highest BCUT2D eigenvalue weighted by molar-refractivity contribution is 5.71. The van der Waals surface area contributed by atoms with E-state index in [1.54, 1.807) is 0 Å². The van der Waals surface area contributed by atoms with E-state index in [4.69, 9.17) is 9.84 Å². The average molecular weight is 300 g/mol. The quantitative estimate of drug-likeness (QED) is 0.276. The van der Waals surface area contributed by atoms with E-state index in [1.165, 1.54) is 0 Å². The zero-order valence-electron chi connectivity index (χ0n) is 13.8. The summed E-state index contributed by atoms with van der Waals surface area (Å²) in [6.45, 7) is 2.62. The summed E-state index contributed by atoms with van der Waals surface area (Å²) in [6.07, 6.45) is 7.62. The van der Waals surface area contributed by atoms with Gasteiger partial charge in [-0.15, -0.1) is 0 Å². The summed E-state index contributed by atoms with van der Waals surface area (Å²) in [7, 11) is 5.84. The molecule has 0 amide bonds. The molecular formula is C16H30NO4+. The van der Waals surface area contributed by atoms with Gasteiger partial charge >= 0.3 is 11.9 Å². The van der Waals surface area contributed by atoms with E-state index in [2.05, 4.69) is 19.1 Å². The lowest BCUT2D eigenvalue weighted by Crippen LogP contribution is -2.43. The van der Waals surface area contributed by atoms with Gasteiger partial charge in [-0.2, -0.15) is 0 Å². The van der Waals surface area contributed by atoms with Crippen LogP contribution in [0.25, 0.3) is 0 Å². The van der Waals surface area contributed by atoms with Crippen molar-refractivity contribution in [2.24, 2.45) is 0 Å². The Morgan fingerprint density at radius 3 is 2.33 bits per heavy atom. The van der Waals surface area contributed by atoms with Crippen LogP contribution in [0.5, 0.6) is 0 Å². The van der Waals surface area contributed by atoms with Gasteiger partial charge < -0.3 is 14.3 Å². The average Bonchev–Trinajstić information content (AvgIpc) is 2.30. The fraction of sp³-hybridized carbons (Fsp3) is 0.750. The van der Waals surface area contributed by atoms with Crippen LogP contribution in [0, 0.1) is 0 Å². The van der Waals surface area contributed by atoms with Crippen molar-refractivity contribution < 1.29 is 23.9 Å². The van der Waals surface area contributed by atoms with E-state index in [9.17, 15) is 9.59 Å². The van der Waals surface area contributed by atoms with Gasteiger partial charge in [0, 0.05) is 6.42 Å². The maximum Gasteiger partial charge on any atom is 0.307 e. The standard InChI is InChI=1S/C16H29NO4/c1-5-6-7-8-9-10-11-16(20)21-14(12-15(18)19)13-17(2,3)4/h7-8,14H,5-6,9-13H2,1-4H3/p+1/b8-7+. The molecule has 1 atom stereocenters. The van der Waals surface area contributed by atoms with Crippen LogP contribution in [0.4, 0.5) is 0 Å². The number of hydrogen-bond donors (Lipinski definition) is 1. The molecule has 5 heteroatoms. The lowest BCUT2D eigenvalue weighted by Gasteiger charge is -2.28. The minimum absolute atomic E-state index is 0.141. The first-order valence-corrected chi connectivity index (χ1v) is 7.61. The number of rotatable bonds is 11. The van der Waals surface area contributed by atoms with E-state index in [-0.39, 0.29) is 12.4 Å². The molecule has 122 valence electrons. The Morgan fingerprint density at radius 1 is 1.19 bits per heavy atom. The van der Waals surface area contributed by atoms with Crippen LogP contribution >= 0.6 is 0 Å². The van der Waals surface area contributed by atoms with E-state index in [0.717, 1.165) is 25.7 Å². The summed E-state index contributed by atoms with van der Waals surface area (Å²) >= 11 is 0. The normalized spacial score (nSPS) is 13.3. The number of hydrogen-bond acceptors (Lipinski definition) is 3. The van der Waals surface area contributed by atoms with Crippen LogP contribution in [0.15, 0.2) is 12.2 Å². The first-order valence-electron chi connectivity index (χ1n) is 7.61. The predicted octanol–water partition coefficient (Wildman–Crippen LogP) is 2.61. The summed E-state index contributed by atoms with van der Waals surface area (Å²) in [5.41, 5.74) is 0. The van der Waals surface area contributed by atoms with Crippen molar-refractivity contribution in [1.82, 2.24) is 0 Å². The second-order valence-corrected chi connectivity index (χ2v) is 6.33. The molecule has 0 aliphatic heterocycles. The number of aliphatic carboxylic acids is 1. The second-order valence-electron chi connectivity index (χ2n) is 6.33. The smallest absolute Gasteiger partial charge is 0.307 e. The van der Waals surface area contributed by atoms with Crippen molar-refractivity contribution in [2.45, 2.75) is 51.6 Å². The fourth-order valence-electron chi connectivity index (χ4n) is 1.96. The Labute approximate surface area is 128 Å². The van der Waals surface area contributed by atoms with Crippen molar-refractivity contribution in [3.05, 3.63) is 12.2 Å². The number of likely N-dealkylation sites (N-methyl/N-ethyl adjacent to an activating group) is 1. The molecule has 0 aromatic carbocycles. The molecular weight excluding hydrogens is 270 g/mol. The van der Waals surface area contributed by atoms with E-state index in [0.29, 0.717) is 17.4 Å². The van der Waals surface area contributed by atoms with Crippen LogP contribution in [0.1, 0.15) is 45.4 Å². The van der Waals surface area contributed by atoms with Gasteiger partial charge in [-0.3, -0.25) is 9.59 Å². The van der Waals surface area contributed by atoms with Gasteiger partial charge in [0.25, 0.3) is 0 Å². The third kappa shape index (κ3) is 13.4. The molecule has 0 spiro atoms. The van der Waals surface area contributed by atoms with Gasteiger partial charge in [0.2, 0.25) is 0 Å². The number of unbranched alkanes of at least 4 members (excludes halogenated alkanes) is 2. The lowest BCUT2D eigenvalue weighted by atomic mass is 10.2. The van der Waals surface area contributed by atoms with Crippen LogP contribution < -0.4 is 0 Å². The maximum atomic E-state index is 11.8. The molecule has 1 N–H and O–H groups in total. The summed E-state index contributed by atoms with van der Waals surface area (Å²) < 4.78 is 5.87. The molecule has 21 heavy (non-hydrogen) atoms. The third-order valence-corrected chi connectivity index (χ3v) is 2.83. The molecule has 0 radical (unpaired) electrons. The second kappa shape index (κ2) is 10.4. The summed E-state index contributed by atoms with van der Waals surface area (Å²) in [5, 5.41) is 8.88. The Kier molecular flexibility index (Phi) is 9.71. The summed E-state index contributed by atoms with van der Waals surface area (Å²) in [5.74, 6) is -1.25. The van der Waals surface area contributed by atoms with Crippen molar-refractivity contribution in [1.29, 1.82) is 0 Å². The highest BCUT2D eigenvalue weighted by Gasteiger charge is 2.24. The fourth-order valence-corrected chi connectivity index (χ4v) is 1.96. The molecule has 0 heterocycles. The van der Waals surface area contributed by atoms with Gasteiger partial charge in [0.1, 0.15) is 6.54 Å². The van der Waals surface area contributed by atoms with Crippen LogP contribution in [0.3, 0.4) is 0 Å². The monoisotopic (exact) mass is 300 g/mol. The number of nitrogens with zero attached hydrogens (tertiary/aromatic N) is 1. The molecule has 0 bridgehead atoms. The maximum absolute atomic E-state index is 11.8. The molecule has 0 saturated carbocycles. The Hall–Kier alpha value is -1.36. The highest BCUT2D eigenvalue weighted by atomic mass is 16.5. The number of carboxylic acids is 1. The number of carboxylic acid groups (broad SMARTS) is 1. The van der Waals surface area contributed by atoms with Crippen molar-refractivity contribution in [2.75, 3.05) is 27.7 Å². The van der Waals surface area contributed by atoms with Crippen molar-refractivity contribution in [3.63, 3.8) is 0 Å². The van der Waals surface area contributed by atoms with Crippen LogP contribution in [-0.2, 0) is 14.3 Å². The molecule has 0 rings (SSSR count). The predicted molar refractivity (Wildman–Crippen MR) is 82.9 cm³/mol. The third-order valence-electron chi connectivity index (χ3n) is 2.83. The SMILES string of the molecule is CCC/C=C/CCCC(=O)OC(CC(=O)O)C[N+](C)(C)C. The minimum Gasteiger partial charge on any atom is -0.481 e. The zero-order valence-corrected chi connectivity index (χ0v) is 13.8. The molecule has 5 nitrogen and oxygen atoms in total. The molecule has 0 aliphatic carbocycles. The summed E-state index contributed by atoms with van der Waals surface area (Å²) in [6, 6.07) is 0. The molecule has 0 fully saturated rings. The van der Waals surface area contributed by atoms with Gasteiger partial charge in [0.15, 0.2) is 6.10 Å². The lowest BCUT2D eigenvalue weighted by molar-refractivity contribution is -0.873. The van der Waals surface area contributed by atoms with Crippen LogP contribution in [-0.4, -0.2) is 55.3 Å². The van der Waals surface area contributed by atoms with Crippen molar-refractivity contribution >= 4 is 11.9 Å². The summed E-state index contributed by atoms with van der Waals surface area (Å²) in [4.78, 5) is 22.6. The first-order chi connectivity index (χ1) is 9.74. The minimum atomic E-state index is -0.941. The Bertz CT molecular complexity index is 345. The topological polar surface area (TPSA) is 63.6 Å². The number of carbonyl (C=O) groups is 2. The molecule has 0 aliphatic rings. The van der Waals surface area contributed by atoms with Gasteiger partial charge in [-0.1, -0.05) is 25.5 Å². The highest BCUT2D eigenvalue weighted by Crippen LogP contribution is 2.08. The van der Waals surface area contributed by atoms with Gasteiger partial charge in [0.05, 0.1) is 27.6 Å². The van der Waals surface area contributed by atoms with Crippen LogP contribution in [0.2, 0.25) is 0 Å². The number of carbonyl (C=O) groups excluding carboxylic acids is 1. The van der Waals surface area contributed by atoms with E-state index < -0.39 is 12.1 Å². The van der Waals surface area contributed by atoms with E-state index in [1.807, 2.05) is 21.1 Å². The Morgan fingerprint density at radius 2 is 1.81 bits per heavy atom. The van der Waals surface area contributed by atoms with Crippen molar-refractivity contribution in [3.8, 4) is 0 Å². The molecule has 0 aromatic heterocycles. The zero-order chi connectivity index (χ0) is 16.3. The first kappa shape index (κ1) is 19.6. The molecule has 0 saturated heterocycles. The Balaban J connectivity index is 4.12. The molecule has 0 aromatic rings. The van der Waals surface area contributed by atoms with Gasteiger partial charge in [-0.05, 0) is 19.3 Å². The molecule has 1 unspecified atom stereocenters. The largest absolute Gasteiger partial charge is 0.481 e. The number of ether oxygens (including phenoxy) is 1.